The standard InChI is InChI=1S/C17H20N4O2/c1-11-5-4-6-14(12(11)2)21-10-13(9-16(21)22)17(23)18-15-7-8-20(3)19-15/h4-8,13H,9-10H2,1-3H3,(H,18,19,23). The first-order chi connectivity index (χ1) is 11.0. The lowest BCUT2D eigenvalue weighted by molar-refractivity contribution is -0.122. The van der Waals surface area contributed by atoms with E-state index in [-0.39, 0.29) is 24.2 Å². The van der Waals surface area contributed by atoms with Crippen LogP contribution in [-0.2, 0) is 16.6 Å². The van der Waals surface area contributed by atoms with Crippen molar-refractivity contribution in [2.45, 2.75) is 20.3 Å². The number of nitrogens with zero attached hydrogens (tertiary/aromatic N) is 3. The molecule has 2 amide bonds. The highest BCUT2D eigenvalue weighted by atomic mass is 16.2. The van der Waals surface area contributed by atoms with Crippen LogP contribution in [0.3, 0.4) is 0 Å². The molecule has 1 N–H and O–H groups in total. The predicted octanol–water partition coefficient (Wildman–Crippen LogP) is 2.03. The monoisotopic (exact) mass is 312 g/mol. The fourth-order valence-electron chi connectivity index (χ4n) is 2.85. The molecule has 2 heterocycles. The van der Waals surface area contributed by atoms with E-state index in [1.807, 2.05) is 32.0 Å². The molecule has 0 aliphatic carbocycles. The van der Waals surface area contributed by atoms with Crippen molar-refractivity contribution in [3.8, 4) is 0 Å². The summed E-state index contributed by atoms with van der Waals surface area (Å²) in [6.07, 6.45) is 1.99. The Labute approximate surface area is 135 Å². The van der Waals surface area contributed by atoms with Crippen LogP contribution in [0.25, 0.3) is 0 Å². The lowest BCUT2D eigenvalue weighted by atomic mass is 10.1. The van der Waals surface area contributed by atoms with E-state index in [1.54, 1.807) is 28.9 Å². The molecule has 1 aliphatic rings. The number of benzene rings is 1. The first-order valence-corrected chi connectivity index (χ1v) is 7.63. The second kappa shape index (κ2) is 5.87. The average molecular weight is 312 g/mol. The van der Waals surface area contributed by atoms with E-state index in [4.69, 9.17) is 0 Å². The van der Waals surface area contributed by atoms with Crippen LogP contribution in [0.1, 0.15) is 17.5 Å². The maximum absolute atomic E-state index is 12.4. The van der Waals surface area contributed by atoms with E-state index in [1.165, 1.54) is 0 Å². The summed E-state index contributed by atoms with van der Waals surface area (Å²) in [5.74, 6) is -0.0238. The SMILES string of the molecule is Cc1cccc(N2CC(C(=O)Nc3ccn(C)n3)CC2=O)c1C. The van der Waals surface area contributed by atoms with E-state index in [9.17, 15) is 9.59 Å². The summed E-state index contributed by atoms with van der Waals surface area (Å²) in [5, 5.41) is 6.90. The van der Waals surface area contributed by atoms with Gasteiger partial charge in [0.05, 0.1) is 5.92 Å². The van der Waals surface area contributed by atoms with Crippen molar-refractivity contribution in [3.63, 3.8) is 0 Å². The van der Waals surface area contributed by atoms with E-state index in [0.717, 1.165) is 16.8 Å². The summed E-state index contributed by atoms with van der Waals surface area (Å²) in [7, 11) is 1.79. The van der Waals surface area contributed by atoms with E-state index in [2.05, 4.69) is 10.4 Å². The third-order valence-electron chi connectivity index (χ3n) is 4.33. The molecule has 1 aromatic heterocycles. The van der Waals surface area contributed by atoms with E-state index >= 15 is 0 Å². The van der Waals surface area contributed by atoms with Gasteiger partial charge in [-0.05, 0) is 31.0 Å². The van der Waals surface area contributed by atoms with Gasteiger partial charge in [-0.3, -0.25) is 14.3 Å². The van der Waals surface area contributed by atoms with Gasteiger partial charge in [-0.1, -0.05) is 12.1 Å². The molecule has 1 fully saturated rings. The van der Waals surface area contributed by atoms with Crippen LogP contribution in [0.4, 0.5) is 11.5 Å². The molecule has 1 atom stereocenters. The number of rotatable bonds is 3. The predicted molar refractivity (Wildman–Crippen MR) is 88.2 cm³/mol. The Kier molecular flexibility index (Phi) is 3.90. The van der Waals surface area contributed by atoms with Crippen molar-refractivity contribution in [2.75, 3.05) is 16.8 Å². The molecule has 3 rings (SSSR count). The van der Waals surface area contributed by atoms with Crippen LogP contribution >= 0.6 is 0 Å². The third kappa shape index (κ3) is 2.97. The molecule has 0 spiro atoms. The second-order valence-electron chi connectivity index (χ2n) is 5.99. The molecule has 1 aliphatic heterocycles. The summed E-state index contributed by atoms with van der Waals surface area (Å²) >= 11 is 0. The molecular formula is C17H20N4O2. The van der Waals surface area contributed by atoms with Crippen molar-refractivity contribution in [1.29, 1.82) is 0 Å². The highest BCUT2D eigenvalue weighted by molar-refractivity contribution is 6.03. The van der Waals surface area contributed by atoms with Crippen molar-refractivity contribution >= 4 is 23.3 Å². The largest absolute Gasteiger partial charge is 0.311 e. The molecule has 1 unspecified atom stereocenters. The number of amides is 2. The van der Waals surface area contributed by atoms with Gasteiger partial charge in [-0.25, -0.2) is 0 Å². The normalized spacial score (nSPS) is 17.6. The maximum atomic E-state index is 12.4. The van der Waals surface area contributed by atoms with Gasteiger partial charge in [-0.15, -0.1) is 0 Å². The van der Waals surface area contributed by atoms with E-state index in [0.29, 0.717) is 12.4 Å². The minimum absolute atomic E-state index is 0.0140. The number of hydrogen-bond donors (Lipinski definition) is 1. The fraction of sp³-hybridized carbons (Fsp3) is 0.353. The molecule has 23 heavy (non-hydrogen) atoms. The Morgan fingerprint density at radius 2 is 2.09 bits per heavy atom. The second-order valence-corrected chi connectivity index (χ2v) is 5.99. The zero-order valence-electron chi connectivity index (χ0n) is 13.5. The number of carbonyl (C=O) groups is 2. The molecule has 120 valence electrons. The molecule has 1 saturated heterocycles. The molecule has 6 heteroatoms. The molecule has 0 bridgehead atoms. The summed E-state index contributed by atoms with van der Waals surface area (Å²) < 4.78 is 1.62. The lowest BCUT2D eigenvalue weighted by Crippen LogP contribution is -2.28. The highest BCUT2D eigenvalue weighted by Gasteiger charge is 2.35. The Hall–Kier alpha value is -2.63. The average Bonchev–Trinajstić information content (AvgIpc) is 3.08. The van der Waals surface area contributed by atoms with Gasteiger partial charge in [0.25, 0.3) is 0 Å². The molecule has 0 radical (unpaired) electrons. The topological polar surface area (TPSA) is 67.2 Å². The summed E-state index contributed by atoms with van der Waals surface area (Å²) in [6.45, 7) is 4.42. The minimum Gasteiger partial charge on any atom is -0.311 e. The molecule has 6 nitrogen and oxygen atoms in total. The molecular weight excluding hydrogens is 292 g/mol. The molecule has 2 aromatic rings. The van der Waals surface area contributed by atoms with Gasteiger partial charge in [0.15, 0.2) is 5.82 Å². The van der Waals surface area contributed by atoms with Crippen molar-refractivity contribution in [3.05, 3.63) is 41.6 Å². The molecule has 1 aromatic carbocycles. The first kappa shape index (κ1) is 15.3. The Morgan fingerprint density at radius 1 is 1.30 bits per heavy atom. The number of aromatic nitrogens is 2. The van der Waals surface area contributed by atoms with Crippen molar-refractivity contribution in [2.24, 2.45) is 13.0 Å². The minimum atomic E-state index is -0.357. The number of hydrogen-bond acceptors (Lipinski definition) is 3. The van der Waals surface area contributed by atoms with Gasteiger partial charge in [0.1, 0.15) is 0 Å². The van der Waals surface area contributed by atoms with Crippen LogP contribution in [0.15, 0.2) is 30.5 Å². The number of anilines is 2. The van der Waals surface area contributed by atoms with Crippen LogP contribution in [0.5, 0.6) is 0 Å². The van der Waals surface area contributed by atoms with Crippen molar-refractivity contribution in [1.82, 2.24) is 9.78 Å². The van der Waals surface area contributed by atoms with Crippen LogP contribution in [0.2, 0.25) is 0 Å². The zero-order valence-corrected chi connectivity index (χ0v) is 13.5. The van der Waals surface area contributed by atoms with Gasteiger partial charge in [-0.2, -0.15) is 5.10 Å². The zero-order chi connectivity index (χ0) is 16.6. The maximum Gasteiger partial charge on any atom is 0.231 e. The van der Waals surface area contributed by atoms with Gasteiger partial charge in [0.2, 0.25) is 11.8 Å². The fourth-order valence-corrected chi connectivity index (χ4v) is 2.85. The quantitative estimate of drug-likeness (QED) is 0.943. The Morgan fingerprint density at radius 3 is 2.78 bits per heavy atom. The lowest BCUT2D eigenvalue weighted by Gasteiger charge is -2.20. The summed E-state index contributed by atoms with van der Waals surface area (Å²) in [4.78, 5) is 26.4. The van der Waals surface area contributed by atoms with Gasteiger partial charge < -0.3 is 10.2 Å². The van der Waals surface area contributed by atoms with Gasteiger partial charge in [0, 0.05) is 38.0 Å². The van der Waals surface area contributed by atoms with E-state index < -0.39 is 0 Å². The summed E-state index contributed by atoms with van der Waals surface area (Å²) in [6, 6.07) is 7.62. The van der Waals surface area contributed by atoms with Gasteiger partial charge >= 0.3 is 0 Å². The number of nitrogens with one attached hydrogen (secondary N) is 1. The smallest absolute Gasteiger partial charge is 0.231 e. The first-order valence-electron chi connectivity index (χ1n) is 7.63. The number of carbonyl (C=O) groups excluding carboxylic acids is 2. The Bertz CT molecular complexity index is 766. The van der Waals surface area contributed by atoms with Crippen LogP contribution < -0.4 is 10.2 Å². The summed E-state index contributed by atoms with van der Waals surface area (Å²) in [5.41, 5.74) is 3.10. The third-order valence-corrected chi connectivity index (χ3v) is 4.33. The number of aryl methyl sites for hydroxylation is 2. The van der Waals surface area contributed by atoms with Crippen LogP contribution in [0, 0.1) is 19.8 Å². The Balaban J connectivity index is 1.74. The molecule has 0 saturated carbocycles. The highest BCUT2D eigenvalue weighted by Crippen LogP contribution is 2.29. The van der Waals surface area contributed by atoms with Crippen molar-refractivity contribution < 1.29 is 9.59 Å². The van der Waals surface area contributed by atoms with Crippen LogP contribution in [-0.4, -0.2) is 28.1 Å².